The molecule has 0 spiro atoms. The third-order valence-corrected chi connectivity index (χ3v) is 3.30. The molecular formula is C16H15ClF2O2. The van der Waals surface area contributed by atoms with Gasteiger partial charge < -0.3 is 9.84 Å². The van der Waals surface area contributed by atoms with E-state index in [0.717, 1.165) is 18.6 Å². The smallest absolute Gasteiger partial charge is 0.142 e. The van der Waals surface area contributed by atoms with E-state index >= 15 is 0 Å². The summed E-state index contributed by atoms with van der Waals surface area (Å²) in [6.07, 6.45) is -0.529. The first-order valence-electron chi connectivity index (χ1n) is 6.58. The second-order valence-electron chi connectivity index (χ2n) is 4.58. The number of aliphatic hydroxyl groups excluding tert-OH is 1. The van der Waals surface area contributed by atoms with Gasteiger partial charge in [-0.1, -0.05) is 36.7 Å². The van der Waals surface area contributed by atoms with Gasteiger partial charge in [-0.15, -0.1) is 0 Å². The van der Waals surface area contributed by atoms with Crippen molar-refractivity contribution in [2.75, 3.05) is 6.61 Å². The van der Waals surface area contributed by atoms with Gasteiger partial charge in [0.2, 0.25) is 0 Å². The largest absolute Gasteiger partial charge is 0.493 e. The van der Waals surface area contributed by atoms with Crippen molar-refractivity contribution in [3.05, 3.63) is 64.2 Å². The molecule has 0 radical (unpaired) electrons. The zero-order valence-corrected chi connectivity index (χ0v) is 12.2. The van der Waals surface area contributed by atoms with E-state index in [2.05, 4.69) is 0 Å². The van der Waals surface area contributed by atoms with E-state index in [0.29, 0.717) is 17.9 Å². The van der Waals surface area contributed by atoms with Crippen molar-refractivity contribution in [1.29, 1.82) is 0 Å². The highest BCUT2D eigenvalue weighted by Crippen LogP contribution is 2.33. The van der Waals surface area contributed by atoms with Crippen LogP contribution < -0.4 is 4.74 Å². The molecule has 2 rings (SSSR count). The highest BCUT2D eigenvalue weighted by Gasteiger charge is 2.20. The van der Waals surface area contributed by atoms with Gasteiger partial charge in [-0.3, -0.25) is 0 Å². The first-order valence-corrected chi connectivity index (χ1v) is 6.96. The van der Waals surface area contributed by atoms with Crippen LogP contribution in [0.1, 0.15) is 30.6 Å². The lowest BCUT2D eigenvalue weighted by molar-refractivity contribution is 0.205. The normalized spacial score (nSPS) is 12.2. The summed E-state index contributed by atoms with van der Waals surface area (Å²) in [6.45, 7) is 2.43. The molecule has 112 valence electrons. The molecule has 0 fully saturated rings. The minimum Gasteiger partial charge on any atom is -0.493 e. The Morgan fingerprint density at radius 3 is 2.57 bits per heavy atom. The van der Waals surface area contributed by atoms with Crippen molar-refractivity contribution in [2.45, 2.75) is 19.4 Å². The first-order chi connectivity index (χ1) is 10.0. The molecule has 0 aliphatic carbocycles. The van der Waals surface area contributed by atoms with Crippen molar-refractivity contribution >= 4 is 11.6 Å². The number of ether oxygens (including phenoxy) is 1. The van der Waals surface area contributed by atoms with Gasteiger partial charge in [0.1, 0.15) is 23.5 Å². The maximum Gasteiger partial charge on any atom is 0.142 e. The Kier molecular flexibility index (Phi) is 5.15. The molecule has 0 bridgehead atoms. The fourth-order valence-electron chi connectivity index (χ4n) is 1.96. The van der Waals surface area contributed by atoms with Crippen molar-refractivity contribution < 1.29 is 18.6 Å². The summed E-state index contributed by atoms with van der Waals surface area (Å²) in [5, 5.41) is 10.0. The second kappa shape index (κ2) is 6.87. The van der Waals surface area contributed by atoms with Crippen LogP contribution in [0.2, 0.25) is 5.02 Å². The number of halogens is 3. The van der Waals surface area contributed by atoms with Gasteiger partial charge >= 0.3 is 0 Å². The van der Waals surface area contributed by atoms with Crippen molar-refractivity contribution in [3.8, 4) is 5.75 Å². The zero-order valence-electron chi connectivity index (χ0n) is 11.4. The number of para-hydroxylation sites is 1. The standard InChI is InChI=1S/C16H15ClF2O2/c1-2-7-21-15-6-4-3-5-10(15)16(20)11-8-14(19)12(17)9-13(11)18/h3-6,8-9,16,20H,2,7H2,1H3. The van der Waals surface area contributed by atoms with Crippen LogP contribution in [0.3, 0.4) is 0 Å². The highest BCUT2D eigenvalue weighted by molar-refractivity contribution is 6.30. The lowest BCUT2D eigenvalue weighted by Gasteiger charge is -2.17. The molecular weight excluding hydrogens is 298 g/mol. The number of hydrogen-bond acceptors (Lipinski definition) is 2. The van der Waals surface area contributed by atoms with E-state index in [1.807, 2.05) is 6.92 Å². The van der Waals surface area contributed by atoms with Gasteiger partial charge in [0.15, 0.2) is 0 Å². The molecule has 0 amide bonds. The molecule has 21 heavy (non-hydrogen) atoms. The first kappa shape index (κ1) is 15.7. The molecule has 1 N–H and O–H groups in total. The Morgan fingerprint density at radius 1 is 1.14 bits per heavy atom. The monoisotopic (exact) mass is 312 g/mol. The summed E-state index contributed by atoms with van der Waals surface area (Å²) in [6, 6.07) is 8.49. The number of aliphatic hydroxyl groups is 1. The molecule has 2 nitrogen and oxygen atoms in total. The van der Waals surface area contributed by atoms with Crippen molar-refractivity contribution in [1.82, 2.24) is 0 Å². The lowest BCUT2D eigenvalue weighted by Crippen LogP contribution is -2.07. The average Bonchev–Trinajstić information content (AvgIpc) is 2.48. The van der Waals surface area contributed by atoms with Crippen LogP contribution in [0.25, 0.3) is 0 Å². The van der Waals surface area contributed by atoms with Crippen LogP contribution in [0.15, 0.2) is 36.4 Å². The minimum absolute atomic E-state index is 0.176. The quantitative estimate of drug-likeness (QED) is 0.824. The fourth-order valence-corrected chi connectivity index (χ4v) is 2.12. The third-order valence-electron chi connectivity index (χ3n) is 3.01. The predicted octanol–water partition coefficient (Wildman–Crippen LogP) is 4.49. The van der Waals surface area contributed by atoms with Crippen LogP contribution in [0, 0.1) is 11.6 Å². The molecule has 2 aromatic rings. The van der Waals surface area contributed by atoms with Gasteiger partial charge in [0.25, 0.3) is 0 Å². The Labute approximate surface area is 126 Å². The van der Waals surface area contributed by atoms with Gasteiger partial charge in [-0.25, -0.2) is 8.78 Å². The second-order valence-corrected chi connectivity index (χ2v) is 4.98. The van der Waals surface area contributed by atoms with E-state index in [-0.39, 0.29) is 10.6 Å². The summed E-state index contributed by atoms with van der Waals surface area (Å²) in [5.41, 5.74) is 0.205. The predicted molar refractivity (Wildman–Crippen MR) is 77.7 cm³/mol. The fraction of sp³-hybridized carbons (Fsp3) is 0.250. The highest BCUT2D eigenvalue weighted by atomic mass is 35.5. The summed E-state index contributed by atoms with van der Waals surface area (Å²) < 4.78 is 32.9. The molecule has 0 saturated carbocycles. The molecule has 0 aliphatic heterocycles. The Bertz CT molecular complexity index is 632. The molecule has 5 heteroatoms. The van der Waals surface area contributed by atoms with E-state index in [4.69, 9.17) is 16.3 Å². The van der Waals surface area contributed by atoms with Gasteiger partial charge in [-0.2, -0.15) is 0 Å². The maximum absolute atomic E-state index is 13.9. The summed E-state index contributed by atoms with van der Waals surface area (Å²) >= 11 is 5.52. The summed E-state index contributed by atoms with van der Waals surface area (Å²) in [7, 11) is 0. The molecule has 2 aromatic carbocycles. The molecule has 0 aromatic heterocycles. The molecule has 0 saturated heterocycles. The molecule has 1 unspecified atom stereocenters. The molecule has 0 heterocycles. The van der Waals surface area contributed by atoms with Crippen LogP contribution in [-0.2, 0) is 0 Å². The van der Waals surface area contributed by atoms with Gasteiger partial charge in [0, 0.05) is 11.1 Å². The molecule has 1 atom stereocenters. The van der Waals surface area contributed by atoms with E-state index in [9.17, 15) is 13.9 Å². The van der Waals surface area contributed by atoms with E-state index < -0.39 is 17.7 Å². The van der Waals surface area contributed by atoms with Crippen molar-refractivity contribution in [3.63, 3.8) is 0 Å². The summed E-state index contributed by atoms with van der Waals surface area (Å²) in [4.78, 5) is 0. The van der Waals surface area contributed by atoms with E-state index in [1.54, 1.807) is 24.3 Å². The van der Waals surface area contributed by atoms with Gasteiger partial charge in [-0.05, 0) is 24.6 Å². The van der Waals surface area contributed by atoms with Crippen LogP contribution >= 0.6 is 11.6 Å². The van der Waals surface area contributed by atoms with Gasteiger partial charge in [0.05, 0.1) is 11.6 Å². The van der Waals surface area contributed by atoms with Crippen LogP contribution in [0.4, 0.5) is 8.78 Å². The number of hydrogen-bond donors (Lipinski definition) is 1. The Morgan fingerprint density at radius 2 is 1.86 bits per heavy atom. The van der Waals surface area contributed by atoms with E-state index in [1.165, 1.54) is 0 Å². The molecule has 0 aliphatic rings. The van der Waals surface area contributed by atoms with Crippen LogP contribution in [0.5, 0.6) is 5.75 Å². The number of rotatable bonds is 5. The Hall–Kier alpha value is -1.65. The number of benzene rings is 2. The minimum atomic E-state index is -1.33. The summed E-state index contributed by atoms with van der Waals surface area (Å²) in [5.74, 6) is -1.10. The average molecular weight is 313 g/mol. The maximum atomic E-state index is 13.9. The Balaban J connectivity index is 2.40. The third kappa shape index (κ3) is 3.52. The topological polar surface area (TPSA) is 29.5 Å². The van der Waals surface area contributed by atoms with Crippen LogP contribution in [-0.4, -0.2) is 11.7 Å². The lowest BCUT2D eigenvalue weighted by atomic mass is 10.00. The van der Waals surface area contributed by atoms with Crippen molar-refractivity contribution in [2.24, 2.45) is 0 Å². The zero-order chi connectivity index (χ0) is 15.4. The SMILES string of the molecule is CCCOc1ccccc1C(O)c1cc(F)c(Cl)cc1F.